The lowest BCUT2D eigenvalue weighted by Crippen LogP contribution is -2.01. The molecule has 0 saturated heterocycles. The zero-order valence-corrected chi connectivity index (χ0v) is 11.6. The summed E-state index contributed by atoms with van der Waals surface area (Å²) >= 11 is 2.47. The SMILES string of the molecule is COC(=O)c1sc2cc(SCC(=O)O)ccc2c1N. The van der Waals surface area contributed by atoms with Gasteiger partial charge in [-0.25, -0.2) is 4.79 Å². The highest BCUT2D eigenvalue weighted by Gasteiger charge is 2.17. The molecule has 5 nitrogen and oxygen atoms in total. The molecule has 0 aliphatic carbocycles. The number of carboxylic acids is 1. The van der Waals surface area contributed by atoms with Gasteiger partial charge >= 0.3 is 11.9 Å². The Kier molecular flexibility index (Phi) is 3.96. The third kappa shape index (κ3) is 2.82. The third-order valence-electron chi connectivity index (χ3n) is 2.43. The van der Waals surface area contributed by atoms with Crippen LogP contribution in [0.25, 0.3) is 10.1 Å². The molecule has 100 valence electrons. The van der Waals surface area contributed by atoms with Crippen LogP contribution in [0.5, 0.6) is 0 Å². The van der Waals surface area contributed by atoms with E-state index >= 15 is 0 Å². The van der Waals surface area contributed by atoms with Gasteiger partial charge in [-0.1, -0.05) is 6.07 Å². The average Bonchev–Trinajstić information content (AvgIpc) is 2.72. The number of methoxy groups -OCH3 is 1. The number of rotatable bonds is 4. The van der Waals surface area contributed by atoms with E-state index in [2.05, 4.69) is 4.74 Å². The van der Waals surface area contributed by atoms with Crippen molar-refractivity contribution in [2.45, 2.75) is 4.90 Å². The number of anilines is 1. The van der Waals surface area contributed by atoms with Crippen molar-refractivity contribution in [3.05, 3.63) is 23.1 Å². The molecule has 0 fully saturated rings. The van der Waals surface area contributed by atoms with Crippen molar-refractivity contribution in [3.63, 3.8) is 0 Å². The predicted molar refractivity (Wildman–Crippen MR) is 75.9 cm³/mol. The molecular weight excluding hydrogens is 286 g/mol. The second kappa shape index (κ2) is 5.50. The monoisotopic (exact) mass is 297 g/mol. The van der Waals surface area contributed by atoms with E-state index in [9.17, 15) is 9.59 Å². The average molecular weight is 297 g/mol. The van der Waals surface area contributed by atoms with Gasteiger partial charge < -0.3 is 15.6 Å². The Hall–Kier alpha value is -1.73. The zero-order valence-electron chi connectivity index (χ0n) is 10.0. The Labute approximate surface area is 117 Å². The van der Waals surface area contributed by atoms with Crippen LogP contribution in [0.15, 0.2) is 23.1 Å². The molecule has 0 saturated carbocycles. The smallest absolute Gasteiger partial charge is 0.350 e. The van der Waals surface area contributed by atoms with Gasteiger partial charge in [0, 0.05) is 15.0 Å². The van der Waals surface area contributed by atoms with E-state index in [0.717, 1.165) is 15.0 Å². The molecule has 0 spiro atoms. The normalized spacial score (nSPS) is 10.6. The molecule has 1 aromatic heterocycles. The van der Waals surface area contributed by atoms with Crippen molar-refractivity contribution in [1.29, 1.82) is 0 Å². The molecule has 0 aliphatic heterocycles. The summed E-state index contributed by atoms with van der Waals surface area (Å²) < 4.78 is 5.51. The molecule has 1 aromatic carbocycles. The molecule has 0 aliphatic rings. The zero-order chi connectivity index (χ0) is 14.0. The Balaban J connectivity index is 2.38. The highest BCUT2D eigenvalue weighted by atomic mass is 32.2. The van der Waals surface area contributed by atoms with Crippen LogP contribution in [0.3, 0.4) is 0 Å². The molecule has 2 rings (SSSR count). The van der Waals surface area contributed by atoms with Crippen molar-refractivity contribution in [2.75, 3.05) is 18.6 Å². The first-order valence-electron chi connectivity index (χ1n) is 5.28. The molecule has 0 radical (unpaired) electrons. The van der Waals surface area contributed by atoms with Gasteiger partial charge in [-0.2, -0.15) is 0 Å². The van der Waals surface area contributed by atoms with Gasteiger partial charge in [0.25, 0.3) is 0 Å². The van der Waals surface area contributed by atoms with Gasteiger partial charge in [0.05, 0.1) is 18.6 Å². The van der Waals surface area contributed by atoms with E-state index < -0.39 is 11.9 Å². The largest absolute Gasteiger partial charge is 0.481 e. The number of carboxylic acid groups (broad SMARTS) is 1. The number of thioether (sulfide) groups is 1. The summed E-state index contributed by atoms with van der Waals surface area (Å²) in [5.41, 5.74) is 6.30. The quantitative estimate of drug-likeness (QED) is 0.665. The number of fused-ring (bicyclic) bond motifs is 1. The number of carbonyl (C=O) groups excluding carboxylic acids is 1. The fourth-order valence-corrected chi connectivity index (χ4v) is 3.39. The number of nitrogen functional groups attached to an aromatic ring is 1. The van der Waals surface area contributed by atoms with E-state index in [1.165, 1.54) is 30.2 Å². The van der Waals surface area contributed by atoms with Crippen LogP contribution in [0.4, 0.5) is 5.69 Å². The third-order valence-corrected chi connectivity index (χ3v) is 4.56. The van der Waals surface area contributed by atoms with Gasteiger partial charge in [-0.05, 0) is 12.1 Å². The van der Waals surface area contributed by atoms with E-state index in [1.807, 2.05) is 6.07 Å². The van der Waals surface area contributed by atoms with Gasteiger partial charge in [0.1, 0.15) is 4.88 Å². The summed E-state index contributed by atoms with van der Waals surface area (Å²) in [4.78, 5) is 23.3. The van der Waals surface area contributed by atoms with Gasteiger partial charge in [0.15, 0.2) is 0 Å². The minimum atomic E-state index is -0.869. The topological polar surface area (TPSA) is 89.6 Å². The minimum Gasteiger partial charge on any atom is -0.481 e. The van der Waals surface area contributed by atoms with Gasteiger partial charge in [-0.15, -0.1) is 23.1 Å². The summed E-state index contributed by atoms with van der Waals surface area (Å²) in [6.45, 7) is 0. The number of esters is 1. The number of ether oxygens (including phenoxy) is 1. The number of hydrogen-bond donors (Lipinski definition) is 2. The molecule has 0 amide bonds. The molecule has 7 heteroatoms. The number of benzene rings is 1. The number of nitrogens with two attached hydrogens (primary N) is 1. The highest BCUT2D eigenvalue weighted by molar-refractivity contribution is 8.00. The van der Waals surface area contributed by atoms with Gasteiger partial charge in [0.2, 0.25) is 0 Å². The number of carbonyl (C=O) groups is 2. The number of hydrogen-bond acceptors (Lipinski definition) is 6. The molecule has 0 bridgehead atoms. The molecule has 0 atom stereocenters. The first-order valence-corrected chi connectivity index (χ1v) is 7.08. The predicted octanol–water partition coefficient (Wildman–Crippen LogP) is 2.45. The van der Waals surface area contributed by atoms with Crippen molar-refractivity contribution in [3.8, 4) is 0 Å². The summed E-state index contributed by atoms with van der Waals surface area (Å²) in [6.07, 6.45) is 0. The molecule has 0 unspecified atom stereocenters. The van der Waals surface area contributed by atoms with Gasteiger partial charge in [-0.3, -0.25) is 4.79 Å². The lowest BCUT2D eigenvalue weighted by molar-refractivity contribution is -0.133. The van der Waals surface area contributed by atoms with Crippen molar-refractivity contribution in [2.24, 2.45) is 0 Å². The summed E-state index contributed by atoms with van der Waals surface area (Å²) in [7, 11) is 1.31. The molecule has 1 heterocycles. The number of thiophene rings is 1. The second-order valence-electron chi connectivity index (χ2n) is 3.68. The van der Waals surface area contributed by atoms with E-state index in [4.69, 9.17) is 10.8 Å². The van der Waals surface area contributed by atoms with E-state index in [0.29, 0.717) is 10.6 Å². The van der Waals surface area contributed by atoms with Crippen LogP contribution in [-0.4, -0.2) is 29.9 Å². The molecule has 2 aromatic rings. The second-order valence-corrected chi connectivity index (χ2v) is 5.78. The van der Waals surface area contributed by atoms with Crippen LogP contribution in [0.2, 0.25) is 0 Å². The van der Waals surface area contributed by atoms with Crippen LogP contribution >= 0.6 is 23.1 Å². The fourth-order valence-electron chi connectivity index (χ4n) is 1.58. The minimum absolute atomic E-state index is 0.00375. The maximum atomic E-state index is 11.5. The maximum Gasteiger partial charge on any atom is 0.350 e. The Morgan fingerprint density at radius 1 is 1.47 bits per heavy atom. The molecule has 19 heavy (non-hydrogen) atoms. The Bertz CT molecular complexity index is 650. The number of aliphatic carboxylic acids is 1. The fraction of sp³-hybridized carbons (Fsp3) is 0.167. The molecular formula is C12H11NO4S2. The van der Waals surface area contributed by atoms with Crippen LogP contribution in [-0.2, 0) is 9.53 Å². The Morgan fingerprint density at radius 3 is 2.84 bits per heavy atom. The maximum absolute atomic E-state index is 11.5. The lowest BCUT2D eigenvalue weighted by atomic mass is 10.2. The van der Waals surface area contributed by atoms with Crippen LogP contribution < -0.4 is 5.73 Å². The van der Waals surface area contributed by atoms with Crippen molar-refractivity contribution >= 4 is 50.8 Å². The lowest BCUT2D eigenvalue weighted by Gasteiger charge is -1.99. The first kappa shape index (κ1) is 13.7. The van der Waals surface area contributed by atoms with Crippen LogP contribution in [0, 0.1) is 0 Å². The highest BCUT2D eigenvalue weighted by Crippen LogP contribution is 2.36. The summed E-state index contributed by atoms with van der Waals surface area (Å²) in [5.74, 6) is -1.33. The summed E-state index contributed by atoms with van der Waals surface area (Å²) in [6, 6.07) is 5.41. The van der Waals surface area contributed by atoms with Crippen LogP contribution in [0.1, 0.15) is 9.67 Å². The standard InChI is InChI=1S/C12H11NO4S2/c1-17-12(16)11-10(13)7-3-2-6(4-8(7)19-11)18-5-9(14)15/h2-4H,5,13H2,1H3,(H,14,15). The van der Waals surface area contributed by atoms with Crippen molar-refractivity contribution in [1.82, 2.24) is 0 Å². The first-order chi connectivity index (χ1) is 9.02. The molecule has 3 N–H and O–H groups in total. The van der Waals surface area contributed by atoms with E-state index in [1.54, 1.807) is 12.1 Å². The van der Waals surface area contributed by atoms with Crippen molar-refractivity contribution < 1.29 is 19.4 Å². The Morgan fingerprint density at radius 2 is 2.21 bits per heavy atom. The van der Waals surface area contributed by atoms with E-state index in [-0.39, 0.29) is 5.75 Å². The summed E-state index contributed by atoms with van der Waals surface area (Å²) in [5, 5.41) is 9.42.